The molecular formula is C23H28ClNO4S. The summed E-state index contributed by atoms with van der Waals surface area (Å²) in [5.41, 5.74) is 0.612. The fourth-order valence-corrected chi connectivity index (χ4v) is 6.11. The number of hydrogen-bond acceptors (Lipinski definition) is 3. The zero-order valence-electron chi connectivity index (χ0n) is 17.1. The SMILES string of the molecule is CCC(CC1CCCCC1)N(c1ccc(C(=O)O)cc1)S(=O)(=O)c1ccc(Cl)cc1. The minimum atomic E-state index is -3.84. The van der Waals surface area contributed by atoms with Gasteiger partial charge in [0.15, 0.2) is 0 Å². The molecule has 7 heteroatoms. The maximum Gasteiger partial charge on any atom is 0.335 e. The first-order valence-corrected chi connectivity index (χ1v) is 12.3. The number of sulfonamides is 1. The van der Waals surface area contributed by atoms with Crippen LogP contribution in [0, 0.1) is 5.92 Å². The summed E-state index contributed by atoms with van der Waals surface area (Å²) >= 11 is 5.96. The summed E-state index contributed by atoms with van der Waals surface area (Å²) < 4.78 is 28.8. The molecule has 1 aliphatic carbocycles. The molecule has 1 unspecified atom stereocenters. The van der Waals surface area contributed by atoms with E-state index >= 15 is 0 Å². The van der Waals surface area contributed by atoms with E-state index in [1.807, 2.05) is 6.92 Å². The van der Waals surface area contributed by atoms with Crippen LogP contribution in [-0.4, -0.2) is 25.5 Å². The van der Waals surface area contributed by atoms with E-state index in [0.717, 1.165) is 19.3 Å². The van der Waals surface area contributed by atoms with Crippen molar-refractivity contribution < 1.29 is 18.3 Å². The van der Waals surface area contributed by atoms with E-state index in [9.17, 15) is 18.3 Å². The van der Waals surface area contributed by atoms with Gasteiger partial charge in [0.05, 0.1) is 16.1 Å². The van der Waals surface area contributed by atoms with E-state index in [2.05, 4.69) is 0 Å². The Bertz CT molecular complexity index is 952. The number of rotatable bonds is 8. The maximum absolute atomic E-state index is 13.7. The van der Waals surface area contributed by atoms with Crippen molar-refractivity contribution in [3.63, 3.8) is 0 Å². The minimum absolute atomic E-state index is 0.128. The predicted molar refractivity (Wildman–Crippen MR) is 120 cm³/mol. The van der Waals surface area contributed by atoms with E-state index < -0.39 is 16.0 Å². The molecule has 0 spiro atoms. The molecule has 0 radical (unpaired) electrons. The number of nitrogens with zero attached hydrogens (tertiary/aromatic N) is 1. The van der Waals surface area contributed by atoms with Crippen molar-refractivity contribution in [3.05, 3.63) is 59.1 Å². The predicted octanol–water partition coefficient (Wildman–Crippen LogP) is 5.98. The van der Waals surface area contributed by atoms with Crippen molar-refractivity contribution in [2.24, 2.45) is 5.92 Å². The van der Waals surface area contributed by atoms with Crippen LogP contribution in [0.25, 0.3) is 0 Å². The number of aromatic carboxylic acids is 1. The summed E-state index contributed by atoms with van der Waals surface area (Å²) in [6.45, 7) is 2.00. The Balaban J connectivity index is 2.02. The Hall–Kier alpha value is -2.05. The molecular weight excluding hydrogens is 422 g/mol. The highest BCUT2D eigenvalue weighted by atomic mass is 35.5. The van der Waals surface area contributed by atoms with Gasteiger partial charge in [0.1, 0.15) is 0 Å². The molecule has 1 atom stereocenters. The Labute approximate surface area is 183 Å². The van der Waals surface area contributed by atoms with Gasteiger partial charge in [-0.25, -0.2) is 13.2 Å². The van der Waals surface area contributed by atoms with Crippen LogP contribution in [0.3, 0.4) is 0 Å². The van der Waals surface area contributed by atoms with Crippen molar-refractivity contribution in [1.82, 2.24) is 0 Å². The van der Waals surface area contributed by atoms with Gasteiger partial charge in [-0.1, -0.05) is 50.6 Å². The molecule has 0 aliphatic heterocycles. The molecule has 5 nitrogen and oxygen atoms in total. The lowest BCUT2D eigenvalue weighted by atomic mass is 9.84. The number of hydrogen-bond donors (Lipinski definition) is 1. The van der Waals surface area contributed by atoms with Gasteiger partial charge < -0.3 is 5.11 Å². The minimum Gasteiger partial charge on any atom is -0.478 e. The van der Waals surface area contributed by atoms with Crippen LogP contribution in [0.15, 0.2) is 53.4 Å². The summed E-state index contributed by atoms with van der Waals surface area (Å²) in [4.78, 5) is 11.4. The molecule has 0 bridgehead atoms. The lowest BCUT2D eigenvalue weighted by molar-refractivity contribution is 0.0697. The Morgan fingerprint density at radius 3 is 2.20 bits per heavy atom. The Morgan fingerprint density at radius 1 is 1.07 bits per heavy atom. The van der Waals surface area contributed by atoms with E-state index in [1.54, 1.807) is 24.3 Å². The van der Waals surface area contributed by atoms with Gasteiger partial charge in [-0.05, 0) is 67.3 Å². The van der Waals surface area contributed by atoms with Crippen molar-refractivity contribution in [1.29, 1.82) is 0 Å². The van der Waals surface area contributed by atoms with E-state index in [-0.39, 0.29) is 16.5 Å². The van der Waals surface area contributed by atoms with Gasteiger partial charge in [0, 0.05) is 11.1 Å². The van der Waals surface area contributed by atoms with Gasteiger partial charge in [-0.2, -0.15) is 0 Å². The van der Waals surface area contributed by atoms with E-state index in [1.165, 1.54) is 47.8 Å². The number of carbonyl (C=O) groups is 1. The standard InChI is InChI=1S/C23H28ClNO4S/c1-2-20(16-17-6-4-3-5-7-17)25(21-12-8-18(9-13-21)23(26)27)30(28,29)22-14-10-19(24)11-15-22/h8-15,17,20H,2-7,16H2,1H3,(H,26,27). The fourth-order valence-electron chi connectivity index (χ4n) is 4.25. The van der Waals surface area contributed by atoms with Gasteiger partial charge in [-0.15, -0.1) is 0 Å². The summed E-state index contributed by atoms with van der Waals surface area (Å²) in [5, 5.41) is 9.68. The summed E-state index contributed by atoms with van der Waals surface area (Å²) in [6, 6.07) is 12.0. The molecule has 0 amide bonds. The first kappa shape index (κ1) is 22.6. The molecule has 1 N–H and O–H groups in total. The van der Waals surface area contributed by atoms with Crippen LogP contribution >= 0.6 is 11.6 Å². The third-order valence-electron chi connectivity index (χ3n) is 5.87. The third kappa shape index (κ3) is 5.16. The largest absolute Gasteiger partial charge is 0.478 e. The summed E-state index contributed by atoms with van der Waals surface area (Å²) in [5.74, 6) is -0.534. The second-order valence-electron chi connectivity index (χ2n) is 7.91. The molecule has 3 rings (SSSR count). The highest BCUT2D eigenvalue weighted by Crippen LogP contribution is 2.34. The molecule has 30 heavy (non-hydrogen) atoms. The van der Waals surface area contributed by atoms with Gasteiger partial charge >= 0.3 is 5.97 Å². The van der Waals surface area contributed by atoms with Crippen LogP contribution in [0.1, 0.15) is 62.2 Å². The average Bonchev–Trinajstić information content (AvgIpc) is 2.74. The lowest BCUT2D eigenvalue weighted by Gasteiger charge is -2.35. The van der Waals surface area contributed by atoms with Crippen molar-refractivity contribution in [2.75, 3.05) is 4.31 Å². The quantitative estimate of drug-likeness (QED) is 0.537. The van der Waals surface area contributed by atoms with Gasteiger partial charge in [-0.3, -0.25) is 4.31 Å². The molecule has 1 fully saturated rings. The molecule has 2 aromatic carbocycles. The Kier molecular flexibility index (Phi) is 7.42. The van der Waals surface area contributed by atoms with Gasteiger partial charge in [0.2, 0.25) is 0 Å². The number of carboxylic acid groups (broad SMARTS) is 1. The second-order valence-corrected chi connectivity index (χ2v) is 10.2. The molecule has 2 aromatic rings. The molecule has 0 saturated heterocycles. The van der Waals surface area contributed by atoms with Crippen LogP contribution in [-0.2, 0) is 10.0 Å². The summed E-state index contributed by atoms with van der Waals surface area (Å²) in [7, 11) is -3.84. The molecule has 162 valence electrons. The lowest BCUT2D eigenvalue weighted by Crippen LogP contribution is -2.41. The number of carboxylic acids is 1. The van der Waals surface area contributed by atoms with Crippen molar-refractivity contribution in [2.45, 2.75) is 62.8 Å². The maximum atomic E-state index is 13.7. The fraction of sp³-hybridized carbons (Fsp3) is 0.435. The normalized spacial score (nSPS) is 16.2. The van der Waals surface area contributed by atoms with Crippen molar-refractivity contribution >= 4 is 33.3 Å². The van der Waals surface area contributed by atoms with Crippen LogP contribution < -0.4 is 4.31 Å². The summed E-state index contributed by atoms with van der Waals surface area (Å²) in [6.07, 6.45) is 7.36. The zero-order valence-corrected chi connectivity index (χ0v) is 18.7. The van der Waals surface area contributed by atoms with Crippen LogP contribution in [0.5, 0.6) is 0 Å². The third-order valence-corrected chi connectivity index (χ3v) is 8.02. The highest BCUT2D eigenvalue weighted by molar-refractivity contribution is 7.92. The second kappa shape index (κ2) is 9.84. The number of benzene rings is 2. The Morgan fingerprint density at radius 2 is 1.67 bits per heavy atom. The van der Waals surface area contributed by atoms with Crippen LogP contribution in [0.4, 0.5) is 5.69 Å². The average molecular weight is 450 g/mol. The number of halogens is 1. The number of anilines is 1. The molecule has 1 aliphatic rings. The molecule has 0 heterocycles. The molecule has 0 aromatic heterocycles. The van der Waals surface area contributed by atoms with Crippen LogP contribution in [0.2, 0.25) is 5.02 Å². The monoisotopic (exact) mass is 449 g/mol. The van der Waals surface area contributed by atoms with E-state index in [4.69, 9.17) is 11.6 Å². The van der Waals surface area contributed by atoms with E-state index in [0.29, 0.717) is 23.0 Å². The zero-order chi connectivity index (χ0) is 21.7. The first-order valence-electron chi connectivity index (χ1n) is 10.5. The molecule has 1 saturated carbocycles. The van der Waals surface area contributed by atoms with Gasteiger partial charge in [0.25, 0.3) is 10.0 Å². The highest BCUT2D eigenvalue weighted by Gasteiger charge is 2.33. The van der Waals surface area contributed by atoms with Crippen molar-refractivity contribution in [3.8, 4) is 0 Å². The smallest absolute Gasteiger partial charge is 0.335 e. The topological polar surface area (TPSA) is 74.7 Å². The first-order chi connectivity index (χ1) is 14.3.